The molecular weight excluding hydrogens is 378 g/mol. The highest BCUT2D eigenvalue weighted by Gasteiger charge is 2.19. The Hall–Kier alpha value is -2.71. The van der Waals surface area contributed by atoms with Gasteiger partial charge in [-0.05, 0) is 42.2 Å². The van der Waals surface area contributed by atoms with Crippen LogP contribution in [0.2, 0.25) is 0 Å². The van der Waals surface area contributed by atoms with Crippen LogP contribution in [-0.4, -0.2) is 25.7 Å². The molecule has 0 fully saturated rings. The summed E-state index contributed by atoms with van der Waals surface area (Å²) in [5.41, 5.74) is 2.68. The Kier molecular flexibility index (Phi) is 5.81. The van der Waals surface area contributed by atoms with E-state index in [-0.39, 0.29) is 23.2 Å². The number of sulfonamides is 1. The Labute approximate surface area is 164 Å². The third-order valence-corrected chi connectivity index (χ3v) is 5.80. The molecule has 0 aliphatic rings. The minimum atomic E-state index is -3.74. The summed E-state index contributed by atoms with van der Waals surface area (Å²) in [5.74, 6) is 1.41. The number of methoxy groups -OCH3 is 1. The predicted molar refractivity (Wildman–Crippen MR) is 106 cm³/mol. The van der Waals surface area contributed by atoms with Gasteiger partial charge in [-0.2, -0.15) is 4.98 Å². The number of ether oxygens (including phenoxy) is 1. The molecule has 3 rings (SSSR count). The fourth-order valence-electron chi connectivity index (χ4n) is 2.83. The molecule has 8 heteroatoms. The summed E-state index contributed by atoms with van der Waals surface area (Å²) in [5, 5.41) is 3.94. The molecule has 2 aromatic carbocycles. The Morgan fingerprint density at radius 1 is 1.18 bits per heavy atom. The van der Waals surface area contributed by atoms with Crippen LogP contribution in [0.15, 0.2) is 51.9 Å². The molecule has 0 amide bonds. The van der Waals surface area contributed by atoms with Gasteiger partial charge in [0.2, 0.25) is 21.7 Å². The first-order chi connectivity index (χ1) is 13.3. The van der Waals surface area contributed by atoms with E-state index < -0.39 is 10.0 Å². The van der Waals surface area contributed by atoms with Gasteiger partial charge in [0, 0.05) is 5.56 Å². The smallest absolute Gasteiger partial charge is 0.242 e. The monoisotopic (exact) mass is 401 g/mol. The zero-order valence-corrected chi connectivity index (χ0v) is 17.1. The molecule has 1 N–H and O–H groups in total. The molecule has 0 saturated heterocycles. The van der Waals surface area contributed by atoms with Crippen molar-refractivity contribution in [3.05, 3.63) is 59.5 Å². The van der Waals surface area contributed by atoms with Crippen molar-refractivity contribution in [2.24, 2.45) is 0 Å². The summed E-state index contributed by atoms with van der Waals surface area (Å²) in [6, 6.07) is 12.4. The highest BCUT2D eigenvalue weighted by molar-refractivity contribution is 7.89. The number of benzene rings is 2. The summed E-state index contributed by atoms with van der Waals surface area (Å²) in [4.78, 5) is 4.45. The van der Waals surface area contributed by atoms with E-state index in [2.05, 4.69) is 14.9 Å². The molecule has 0 saturated carbocycles. The lowest BCUT2D eigenvalue weighted by atomic mass is 10.0. The average molecular weight is 401 g/mol. The van der Waals surface area contributed by atoms with Crippen LogP contribution in [0.4, 0.5) is 0 Å². The molecule has 0 bridgehead atoms. The van der Waals surface area contributed by atoms with Gasteiger partial charge in [0.15, 0.2) is 0 Å². The molecule has 0 radical (unpaired) electrons. The maximum absolute atomic E-state index is 12.7. The summed E-state index contributed by atoms with van der Waals surface area (Å²) in [6.07, 6.45) is 0. The lowest BCUT2D eigenvalue weighted by molar-refractivity contribution is 0.376. The van der Waals surface area contributed by atoms with E-state index in [1.54, 1.807) is 19.2 Å². The maximum atomic E-state index is 12.7. The van der Waals surface area contributed by atoms with Gasteiger partial charge in [-0.1, -0.05) is 43.3 Å². The van der Waals surface area contributed by atoms with E-state index in [1.807, 2.05) is 45.0 Å². The van der Waals surface area contributed by atoms with Gasteiger partial charge in [-0.15, -0.1) is 0 Å². The highest BCUT2D eigenvalue weighted by Crippen LogP contribution is 2.29. The second-order valence-corrected chi connectivity index (χ2v) is 8.48. The molecule has 0 spiro atoms. The Morgan fingerprint density at radius 3 is 2.61 bits per heavy atom. The molecule has 148 valence electrons. The van der Waals surface area contributed by atoms with Crippen molar-refractivity contribution in [1.29, 1.82) is 0 Å². The largest absolute Gasteiger partial charge is 0.496 e. The molecule has 28 heavy (non-hydrogen) atoms. The van der Waals surface area contributed by atoms with Crippen LogP contribution >= 0.6 is 0 Å². The van der Waals surface area contributed by atoms with Gasteiger partial charge in [0.1, 0.15) is 5.75 Å². The Bertz CT molecular complexity index is 1070. The molecule has 0 aliphatic carbocycles. The van der Waals surface area contributed by atoms with Crippen LogP contribution in [0, 0.1) is 6.92 Å². The van der Waals surface area contributed by atoms with Gasteiger partial charge < -0.3 is 9.26 Å². The highest BCUT2D eigenvalue weighted by atomic mass is 32.2. The third kappa shape index (κ3) is 4.23. The fourth-order valence-corrected chi connectivity index (χ4v) is 3.84. The van der Waals surface area contributed by atoms with Crippen LogP contribution in [0.1, 0.15) is 36.8 Å². The summed E-state index contributed by atoms with van der Waals surface area (Å²) in [6.45, 7) is 5.81. The minimum absolute atomic E-state index is 0.0930. The van der Waals surface area contributed by atoms with Crippen molar-refractivity contribution in [3.8, 4) is 17.1 Å². The molecule has 0 atom stereocenters. The van der Waals surface area contributed by atoms with E-state index in [4.69, 9.17) is 9.26 Å². The number of nitrogens with zero attached hydrogens (tertiary/aromatic N) is 2. The predicted octanol–water partition coefficient (Wildman–Crippen LogP) is 3.66. The number of hydrogen-bond donors (Lipinski definition) is 1. The number of nitrogens with one attached hydrogen (secondary N) is 1. The second kappa shape index (κ2) is 8.12. The van der Waals surface area contributed by atoms with Crippen molar-refractivity contribution in [1.82, 2.24) is 14.9 Å². The van der Waals surface area contributed by atoms with Gasteiger partial charge >= 0.3 is 0 Å². The zero-order chi connectivity index (χ0) is 20.3. The van der Waals surface area contributed by atoms with Crippen molar-refractivity contribution in [2.45, 2.75) is 38.1 Å². The lowest BCUT2D eigenvalue weighted by Crippen LogP contribution is -2.23. The quantitative estimate of drug-likeness (QED) is 0.649. The number of aromatic nitrogens is 2. The summed E-state index contributed by atoms with van der Waals surface area (Å²) < 4.78 is 38.4. The molecule has 0 unspecified atom stereocenters. The second-order valence-electron chi connectivity index (χ2n) is 6.71. The average Bonchev–Trinajstić information content (AvgIpc) is 3.15. The standard InChI is InChI=1S/C20H23N3O4S/c1-13(2)17-11-15(9-10-18(17)26-4)28(24,25)21-12-19-22-20(23-27-19)16-8-6-5-7-14(16)3/h5-11,13,21H,12H2,1-4H3. The molecule has 7 nitrogen and oxygen atoms in total. The van der Waals surface area contributed by atoms with E-state index in [9.17, 15) is 8.42 Å². The third-order valence-electron chi connectivity index (χ3n) is 4.40. The summed E-state index contributed by atoms with van der Waals surface area (Å²) in [7, 11) is -2.17. The van der Waals surface area contributed by atoms with Gasteiger partial charge in [-0.25, -0.2) is 13.1 Å². The number of aryl methyl sites for hydroxylation is 1. The fraction of sp³-hybridized carbons (Fsp3) is 0.300. The topological polar surface area (TPSA) is 94.3 Å². The van der Waals surface area contributed by atoms with E-state index >= 15 is 0 Å². The van der Waals surface area contributed by atoms with Crippen LogP contribution in [0.25, 0.3) is 11.4 Å². The normalized spacial score (nSPS) is 11.8. The van der Waals surface area contributed by atoms with Crippen molar-refractivity contribution in [2.75, 3.05) is 7.11 Å². The first-order valence-corrected chi connectivity index (χ1v) is 10.4. The Balaban J connectivity index is 1.78. The number of hydrogen-bond acceptors (Lipinski definition) is 6. The van der Waals surface area contributed by atoms with Crippen molar-refractivity contribution >= 4 is 10.0 Å². The Morgan fingerprint density at radius 2 is 1.93 bits per heavy atom. The zero-order valence-electron chi connectivity index (χ0n) is 16.3. The van der Waals surface area contributed by atoms with Crippen LogP contribution in [0.3, 0.4) is 0 Å². The molecular formula is C20H23N3O4S. The van der Waals surface area contributed by atoms with E-state index in [1.165, 1.54) is 6.07 Å². The lowest BCUT2D eigenvalue weighted by Gasteiger charge is -2.13. The van der Waals surface area contributed by atoms with E-state index in [0.717, 1.165) is 16.7 Å². The van der Waals surface area contributed by atoms with Crippen LogP contribution in [0.5, 0.6) is 5.75 Å². The van der Waals surface area contributed by atoms with Gasteiger partial charge in [0.25, 0.3) is 0 Å². The van der Waals surface area contributed by atoms with Crippen molar-refractivity contribution in [3.63, 3.8) is 0 Å². The molecule has 0 aliphatic heterocycles. The first kappa shape index (κ1) is 20.0. The minimum Gasteiger partial charge on any atom is -0.496 e. The SMILES string of the molecule is COc1ccc(S(=O)(=O)NCc2nc(-c3ccccc3C)no2)cc1C(C)C. The molecule has 1 aromatic heterocycles. The van der Waals surface area contributed by atoms with E-state index in [0.29, 0.717) is 11.6 Å². The van der Waals surface area contributed by atoms with Crippen LogP contribution in [-0.2, 0) is 16.6 Å². The number of rotatable bonds is 7. The van der Waals surface area contributed by atoms with Crippen molar-refractivity contribution < 1.29 is 17.7 Å². The van der Waals surface area contributed by atoms with Gasteiger partial charge in [-0.3, -0.25) is 0 Å². The van der Waals surface area contributed by atoms with Crippen LogP contribution < -0.4 is 9.46 Å². The molecule has 3 aromatic rings. The summed E-state index contributed by atoms with van der Waals surface area (Å²) >= 11 is 0. The first-order valence-electron chi connectivity index (χ1n) is 8.88. The van der Waals surface area contributed by atoms with Gasteiger partial charge in [0.05, 0.1) is 18.6 Å². The molecule has 1 heterocycles. The maximum Gasteiger partial charge on any atom is 0.242 e.